The third-order valence-electron chi connectivity index (χ3n) is 4.34. The van der Waals surface area contributed by atoms with Gasteiger partial charge < -0.3 is 14.4 Å². The smallest absolute Gasteiger partial charge is 0.168 e. The summed E-state index contributed by atoms with van der Waals surface area (Å²) >= 11 is 0. The van der Waals surface area contributed by atoms with Gasteiger partial charge in [0.25, 0.3) is 0 Å². The van der Waals surface area contributed by atoms with E-state index in [4.69, 9.17) is 9.47 Å². The first-order chi connectivity index (χ1) is 10.8. The van der Waals surface area contributed by atoms with Crippen LogP contribution in [0.3, 0.4) is 0 Å². The van der Waals surface area contributed by atoms with Crippen LogP contribution < -0.4 is 9.47 Å². The molecule has 0 fully saturated rings. The summed E-state index contributed by atoms with van der Waals surface area (Å²) in [6.07, 6.45) is 8.47. The zero-order valence-electron chi connectivity index (χ0n) is 12.6. The molecule has 0 aliphatic carbocycles. The summed E-state index contributed by atoms with van der Waals surface area (Å²) in [5.41, 5.74) is 4.90. The number of benzene rings is 2. The molecule has 0 N–H and O–H groups in total. The van der Waals surface area contributed by atoms with Gasteiger partial charge in [-0.1, -0.05) is 30.3 Å². The van der Waals surface area contributed by atoms with Crippen molar-refractivity contribution in [3.63, 3.8) is 0 Å². The fraction of sp³-hybridized carbons (Fsp3) is 0.158. The molecule has 3 heteroatoms. The number of fused-ring (bicyclic) bond motifs is 5. The van der Waals surface area contributed by atoms with Crippen LogP contribution in [0.4, 0.5) is 0 Å². The van der Waals surface area contributed by atoms with E-state index in [1.54, 1.807) is 14.2 Å². The molecule has 2 aliphatic rings. The number of methoxy groups -OCH3 is 2. The number of hydrogen-bond donors (Lipinski definition) is 0. The van der Waals surface area contributed by atoms with Gasteiger partial charge in [-0.05, 0) is 34.9 Å². The molecule has 0 spiro atoms. The molecule has 2 aromatic carbocycles. The number of rotatable bonds is 2. The SMILES string of the molecule is COc1ccc2c(c1OC)C=CN1C=Cc3ccccc3C21. The molecule has 110 valence electrons. The van der Waals surface area contributed by atoms with Crippen LogP contribution in [0.5, 0.6) is 11.5 Å². The summed E-state index contributed by atoms with van der Waals surface area (Å²) in [6.45, 7) is 0. The Morgan fingerprint density at radius 2 is 1.68 bits per heavy atom. The second-order valence-corrected chi connectivity index (χ2v) is 5.41. The largest absolute Gasteiger partial charge is 0.493 e. The minimum Gasteiger partial charge on any atom is -0.493 e. The Balaban J connectivity index is 1.95. The minimum atomic E-state index is 0.181. The lowest BCUT2D eigenvalue weighted by Crippen LogP contribution is -2.26. The van der Waals surface area contributed by atoms with E-state index in [9.17, 15) is 0 Å². The Bertz CT molecular complexity index is 792. The van der Waals surface area contributed by atoms with Crippen LogP contribution in [0, 0.1) is 0 Å². The van der Waals surface area contributed by atoms with E-state index in [2.05, 4.69) is 59.8 Å². The van der Waals surface area contributed by atoms with Crippen molar-refractivity contribution in [2.75, 3.05) is 14.2 Å². The molecular formula is C19H17NO2. The zero-order valence-corrected chi connectivity index (χ0v) is 12.6. The zero-order chi connectivity index (χ0) is 15.1. The molecule has 1 atom stereocenters. The van der Waals surface area contributed by atoms with E-state index < -0.39 is 0 Å². The van der Waals surface area contributed by atoms with Crippen molar-refractivity contribution in [2.45, 2.75) is 6.04 Å². The summed E-state index contributed by atoms with van der Waals surface area (Å²) in [6, 6.07) is 12.8. The van der Waals surface area contributed by atoms with Crippen molar-refractivity contribution >= 4 is 12.2 Å². The summed E-state index contributed by atoms with van der Waals surface area (Å²) in [5, 5.41) is 0. The summed E-state index contributed by atoms with van der Waals surface area (Å²) in [4.78, 5) is 2.23. The van der Waals surface area contributed by atoms with Crippen molar-refractivity contribution in [3.8, 4) is 11.5 Å². The normalized spacial score (nSPS) is 17.5. The Morgan fingerprint density at radius 3 is 2.50 bits per heavy atom. The van der Waals surface area contributed by atoms with Crippen molar-refractivity contribution in [3.05, 3.63) is 71.1 Å². The molecule has 0 amide bonds. The third-order valence-corrected chi connectivity index (χ3v) is 4.34. The average Bonchev–Trinajstić information content (AvgIpc) is 2.59. The summed E-state index contributed by atoms with van der Waals surface area (Å²) in [5.74, 6) is 1.56. The van der Waals surface area contributed by atoms with Crippen molar-refractivity contribution in [2.24, 2.45) is 0 Å². The van der Waals surface area contributed by atoms with Gasteiger partial charge in [0, 0.05) is 18.0 Å². The lowest BCUT2D eigenvalue weighted by atomic mass is 9.86. The van der Waals surface area contributed by atoms with Gasteiger partial charge >= 0.3 is 0 Å². The molecule has 2 aromatic rings. The fourth-order valence-electron chi connectivity index (χ4n) is 3.33. The minimum absolute atomic E-state index is 0.181. The third kappa shape index (κ3) is 1.75. The van der Waals surface area contributed by atoms with Crippen molar-refractivity contribution < 1.29 is 9.47 Å². The topological polar surface area (TPSA) is 21.7 Å². The first kappa shape index (κ1) is 13.0. The maximum atomic E-state index is 5.59. The van der Waals surface area contributed by atoms with Gasteiger partial charge in [-0.15, -0.1) is 0 Å². The average molecular weight is 291 g/mol. The van der Waals surface area contributed by atoms with E-state index >= 15 is 0 Å². The fourth-order valence-corrected chi connectivity index (χ4v) is 3.33. The maximum absolute atomic E-state index is 5.59. The Hall–Kier alpha value is -2.68. The van der Waals surface area contributed by atoms with Gasteiger partial charge in [-0.25, -0.2) is 0 Å². The van der Waals surface area contributed by atoms with Crippen LogP contribution in [0.15, 0.2) is 48.8 Å². The molecular weight excluding hydrogens is 274 g/mol. The van der Waals surface area contributed by atoms with Gasteiger partial charge in [0.1, 0.15) is 0 Å². The summed E-state index contributed by atoms with van der Waals surface area (Å²) in [7, 11) is 3.36. The Labute approximate surface area is 130 Å². The predicted molar refractivity (Wildman–Crippen MR) is 87.7 cm³/mol. The number of ether oxygens (including phenoxy) is 2. The first-order valence-electron chi connectivity index (χ1n) is 7.31. The standard InChI is InChI=1S/C19H17NO2/c1-21-17-8-7-15-16(19(17)22-2)10-12-20-11-9-13-5-3-4-6-14(13)18(15)20/h3-12,18H,1-2H3. The molecule has 0 aromatic heterocycles. The molecule has 3 nitrogen and oxygen atoms in total. The predicted octanol–water partition coefficient (Wildman–Crippen LogP) is 4.06. The van der Waals surface area contributed by atoms with E-state index in [1.807, 2.05) is 6.07 Å². The van der Waals surface area contributed by atoms with Gasteiger partial charge in [0.2, 0.25) is 0 Å². The highest BCUT2D eigenvalue weighted by molar-refractivity contribution is 5.71. The van der Waals surface area contributed by atoms with Crippen LogP contribution in [0.1, 0.15) is 28.3 Å². The van der Waals surface area contributed by atoms with Crippen LogP contribution in [-0.2, 0) is 0 Å². The van der Waals surface area contributed by atoms with Gasteiger partial charge in [0.05, 0.1) is 20.3 Å². The second kappa shape index (κ2) is 4.95. The molecule has 2 aliphatic heterocycles. The molecule has 2 heterocycles. The van der Waals surface area contributed by atoms with E-state index in [0.717, 1.165) is 17.1 Å². The summed E-state index contributed by atoms with van der Waals surface area (Å²) < 4.78 is 11.0. The van der Waals surface area contributed by atoms with Gasteiger partial charge in [-0.3, -0.25) is 0 Å². The van der Waals surface area contributed by atoms with Crippen LogP contribution >= 0.6 is 0 Å². The molecule has 22 heavy (non-hydrogen) atoms. The molecule has 1 unspecified atom stereocenters. The second-order valence-electron chi connectivity index (χ2n) is 5.41. The van der Waals surface area contributed by atoms with E-state index in [0.29, 0.717) is 0 Å². The molecule has 4 rings (SSSR count). The van der Waals surface area contributed by atoms with Crippen LogP contribution in [0.2, 0.25) is 0 Å². The number of nitrogens with zero attached hydrogens (tertiary/aromatic N) is 1. The highest BCUT2D eigenvalue weighted by atomic mass is 16.5. The molecule has 0 saturated heterocycles. The van der Waals surface area contributed by atoms with Crippen molar-refractivity contribution in [1.29, 1.82) is 0 Å². The lowest BCUT2D eigenvalue weighted by molar-refractivity contribution is 0.350. The highest BCUT2D eigenvalue weighted by Gasteiger charge is 2.30. The number of hydrogen-bond acceptors (Lipinski definition) is 3. The van der Waals surface area contributed by atoms with E-state index in [1.165, 1.54) is 16.7 Å². The molecule has 0 saturated carbocycles. The molecule has 0 radical (unpaired) electrons. The molecule has 0 bridgehead atoms. The monoisotopic (exact) mass is 291 g/mol. The Morgan fingerprint density at radius 1 is 0.864 bits per heavy atom. The first-order valence-corrected chi connectivity index (χ1v) is 7.31. The van der Waals surface area contributed by atoms with Crippen molar-refractivity contribution in [1.82, 2.24) is 4.90 Å². The van der Waals surface area contributed by atoms with Crippen LogP contribution in [0.25, 0.3) is 12.2 Å². The highest BCUT2D eigenvalue weighted by Crippen LogP contribution is 2.45. The van der Waals surface area contributed by atoms with Crippen LogP contribution in [-0.4, -0.2) is 19.1 Å². The van der Waals surface area contributed by atoms with E-state index in [-0.39, 0.29) is 6.04 Å². The quantitative estimate of drug-likeness (QED) is 0.832. The Kier molecular flexibility index (Phi) is 2.93. The maximum Gasteiger partial charge on any atom is 0.168 e. The lowest BCUT2D eigenvalue weighted by Gasteiger charge is -2.36. The van der Waals surface area contributed by atoms with Gasteiger partial charge in [0.15, 0.2) is 11.5 Å². The van der Waals surface area contributed by atoms with Gasteiger partial charge in [-0.2, -0.15) is 0 Å².